The highest BCUT2D eigenvalue weighted by molar-refractivity contribution is 6.05. The van der Waals surface area contributed by atoms with Crippen LogP contribution in [0.3, 0.4) is 0 Å². The molecule has 6 heteroatoms. The molecule has 0 aliphatic heterocycles. The van der Waals surface area contributed by atoms with Crippen LogP contribution in [0.1, 0.15) is 48.6 Å². The minimum atomic E-state index is -0.110. The lowest BCUT2D eigenvalue weighted by atomic mass is 10.1. The van der Waals surface area contributed by atoms with Crippen molar-refractivity contribution >= 4 is 16.9 Å². The molecule has 0 bridgehead atoms. The first-order chi connectivity index (χ1) is 11.5. The van der Waals surface area contributed by atoms with Crippen LogP contribution < -0.4 is 0 Å². The molecule has 0 unspecified atom stereocenters. The molecule has 0 aliphatic rings. The van der Waals surface area contributed by atoms with Gasteiger partial charge in [0.05, 0.1) is 5.56 Å². The Kier molecular flexibility index (Phi) is 4.38. The summed E-state index contributed by atoms with van der Waals surface area (Å²) in [6.07, 6.45) is 0.699. The van der Waals surface area contributed by atoms with E-state index < -0.39 is 0 Å². The number of amides is 1. The second-order valence-corrected chi connectivity index (χ2v) is 6.07. The van der Waals surface area contributed by atoms with Crippen molar-refractivity contribution in [3.05, 3.63) is 47.3 Å². The summed E-state index contributed by atoms with van der Waals surface area (Å²) in [6.45, 7) is 8.03. The number of aromatic nitrogens is 2. The fourth-order valence-corrected chi connectivity index (χ4v) is 2.65. The molecule has 0 fully saturated rings. The smallest absolute Gasteiger partial charge is 0.258 e. The fraction of sp³-hybridized carbons (Fsp3) is 0.389. The molecule has 1 amide bonds. The maximum Gasteiger partial charge on any atom is 0.258 e. The van der Waals surface area contributed by atoms with Gasteiger partial charge >= 0.3 is 0 Å². The van der Waals surface area contributed by atoms with E-state index in [0.717, 1.165) is 11.1 Å². The van der Waals surface area contributed by atoms with Crippen LogP contribution >= 0.6 is 0 Å². The molecule has 0 radical (unpaired) electrons. The number of hydrogen-bond acceptors (Lipinski definition) is 5. The quantitative estimate of drug-likeness (QED) is 0.714. The number of rotatable bonds is 5. The summed E-state index contributed by atoms with van der Waals surface area (Å²) in [5, 5.41) is 4.81. The molecule has 0 spiro atoms. The Labute approximate surface area is 140 Å². The highest BCUT2D eigenvalue weighted by atomic mass is 16.5. The molecule has 0 N–H and O–H groups in total. The van der Waals surface area contributed by atoms with Crippen LogP contribution in [0.15, 0.2) is 33.2 Å². The second kappa shape index (κ2) is 6.47. The van der Waals surface area contributed by atoms with Crippen LogP contribution in [0, 0.1) is 6.92 Å². The van der Waals surface area contributed by atoms with Gasteiger partial charge in [-0.25, -0.2) is 0 Å². The van der Waals surface area contributed by atoms with Gasteiger partial charge in [-0.1, -0.05) is 24.2 Å². The first-order valence-corrected chi connectivity index (χ1v) is 8.11. The van der Waals surface area contributed by atoms with Crippen LogP contribution in [0.5, 0.6) is 0 Å². The van der Waals surface area contributed by atoms with Crippen molar-refractivity contribution < 1.29 is 13.7 Å². The van der Waals surface area contributed by atoms with Gasteiger partial charge in [-0.2, -0.15) is 4.98 Å². The SMILES string of the molecule is CCc1noc(CN(C(=O)c2cccc3cc(C)oc23)C(C)C)n1. The van der Waals surface area contributed by atoms with Crippen molar-refractivity contribution in [3.63, 3.8) is 0 Å². The number of carbonyl (C=O) groups excluding carboxylic acids is 1. The summed E-state index contributed by atoms with van der Waals surface area (Å²) in [5.41, 5.74) is 1.16. The Bertz CT molecular complexity index is 863. The topological polar surface area (TPSA) is 72.4 Å². The standard InChI is InChI=1S/C18H21N3O3/c1-5-15-19-16(24-20-15)10-21(11(2)3)18(22)14-8-6-7-13-9-12(4)23-17(13)14/h6-9,11H,5,10H2,1-4H3. The van der Waals surface area contributed by atoms with Crippen LogP contribution in [0.4, 0.5) is 0 Å². The van der Waals surface area contributed by atoms with Gasteiger partial charge in [0.25, 0.3) is 5.91 Å². The highest BCUT2D eigenvalue weighted by Gasteiger charge is 2.24. The van der Waals surface area contributed by atoms with Crippen molar-refractivity contribution in [3.8, 4) is 0 Å². The maximum atomic E-state index is 13.1. The summed E-state index contributed by atoms with van der Waals surface area (Å²) in [7, 11) is 0. The molecule has 3 rings (SSSR count). The summed E-state index contributed by atoms with van der Waals surface area (Å²) in [4.78, 5) is 19.1. The van der Waals surface area contributed by atoms with Crippen molar-refractivity contribution in [2.24, 2.45) is 0 Å². The van der Waals surface area contributed by atoms with Gasteiger partial charge in [0.1, 0.15) is 17.9 Å². The van der Waals surface area contributed by atoms with Crippen LogP contribution in [0.2, 0.25) is 0 Å². The van der Waals surface area contributed by atoms with Crippen LogP contribution in [0.25, 0.3) is 11.0 Å². The van der Waals surface area contributed by atoms with Gasteiger partial charge in [0.2, 0.25) is 5.89 Å². The van der Waals surface area contributed by atoms with Gasteiger partial charge in [0, 0.05) is 17.8 Å². The molecular formula is C18H21N3O3. The van der Waals surface area contributed by atoms with Crippen molar-refractivity contribution in [1.82, 2.24) is 15.0 Å². The van der Waals surface area contributed by atoms with Gasteiger partial charge in [0.15, 0.2) is 5.82 Å². The van der Waals surface area contributed by atoms with Crippen LogP contribution in [-0.2, 0) is 13.0 Å². The summed E-state index contributed by atoms with van der Waals surface area (Å²) in [5.74, 6) is 1.76. The van der Waals surface area contributed by atoms with Crippen molar-refractivity contribution in [2.75, 3.05) is 0 Å². The summed E-state index contributed by atoms with van der Waals surface area (Å²) < 4.78 is 11.0. The van der Waals surface area contributed by atoms with Gasteiger partial charge in [-0.3, -0.25) is 4.79 Å². The molecular weight excluding hydrogens is 306 g/mol. The minimum Gasteiger partial charge on any atom is -0.461 e. The molecule has 0 saturated heterocycles. The second-order valence-electron chi connectivity index (χ2n) is 6.07. The third-order valence-corrected chi connectivity index (χ3v) is 3.91. The lowest BCUT2D eigenvalue weighted by Crippen LogP contribution is -2.36. The van der Waals surface area contributed by atoms with E-state index in [1.165, 1.54) is 0 Å². The molecule has 0 saturated carbocycles. The molecule has 0 aliphatic carbocycles. The van der Waals surface area contributed by atoms with E-state index >= 15 is 0 Å². The van der Waals surface area contributed by atoms with Gasteiger partial charge in [-0.05, 0) is 32.9 Å². The average Bonchev–Trinajstić information content (AvgIpc) is 3.16. The maximum absolute atomic E-state index is 13.1. The normalized spacial score (nSPS) is 11.4. The monoisotopic (exact) mass is 327 g/mol. The number of nitrogens with zero attached hydrogens (tertiary/aromatic N) is 3. The number of hydrogen-bond donors (Lipinski definition) is 0. The van der Waals surface area contributed by atoms with Crippen LogP contribution in [-0.4, -0.2) is 27.0 Å². The molecule has 24 heavy (non-hydrogen) atoms. The number of furan rings is 1. The Hall–Kier alpha value is -2.63. The van der Waals surface area contributed by atoms with Crippen molar-refractivity contribution in [1.29, 1.82) is 0 Å². The zero-order valence-corrected chi connectivity index (χ0v) is 14.4. The lowest BCUT2D eigenvalue weighted by molar-refractivity contribution is 0.0668. The predicted octanol–water partition coefficient (Wildman–Crippen LogP) is 3.74. The van der Waals surface area contributed by atoms with Gasteiger partial charge < -0.3 is 13.8 Å². The Morgan fingerprint density at radius 3 is 2.79 bits per heavy atom. The fourth-order valence-electron chi connectivity index (χ4n) is 2.65. The van der Waals surface area contributed by atoms with E-state index in [4.69, 9.17) is 8.94 Å². The number of para-hydroxylation sites is 1. The van der Waals surface area contributed by atoms with E-state index in [0.29, 0.717) is 29.3 Å². The minimum absolute atomic E-state index is 0.0132. The molecule has 3 aromatic rings. The van der Waals surface area contributed by atoms with E-state index in [1.807, 2.05) is 45.9 Å². The lowest BCUT2D eigenvalue weighted by Gasteiger charge is -2.25. The average molecular weight is 327 g/mol. The zero-order valence-electron chi connectivity index (χ0n) is 14.4. The van der Waals surface area contributed by atoms with E-state index in [-0.39, 0.29) is 18.5 Å². The molecule has 126 valence electrons. The Balaban J connectivity index is 1.93. The summed E-state index contributed by atoms with van der Waals surface area (Å²) >= 11 is 0. The predicted molar refractivity (Wildman–Crippen MR) is 89.6 cm³/mol. The van der Waals surface area contributed by atoms with Crippen molar-refractivity contribution in [2.45, 2.75) is 46.7 Å². The van der Waals surface area contributed by atoms with E-state index in [1.54, 1.807) is 11.0 Å². The largest absolute Gasteiger partial charge is 0.461 e. The highest BCUT2D eigenvalue weighted by Crippen LogP contribution is 2.25. The van der Waals surface area contributed by atoms with E-state index in [9.17, 15) is 4.79 Å². The first kappa shape index (κ1) is 16.2. The zero-order chi connectivity index (χ0) is 17.3. The summed E-state index contributed by atoms with van der Waals surface area (Å²) in [6, 6.07) is 7.51. The Morgan fingerprint density at radius 2 is 2.12 bits per heavy atom. The first-order valence-electron chi connectivity index (χ1n) is 8.11. The molecule has 6 nitrogen and oxygen atoms in total. The third kappa shape index (κ3) is 3.04. The number of carbonyl (C=O) groups is 1. The molecule has 2 aromatic heterocycles. The Morgan fingerprint density at radius 1 is 1.33 bits per heavy atom. The molecule has 1 aromatic carbocycles. The number of benzene rings is 1. The number of fused-ring (bicyclic) bond motifs is 1. The number of aryl methyl sites for hydroxylation is 2. The molecule has 0 atom stereocenters. The molecule has 2 heterocycles. The third-order valence-electron chi connectivity index (χ3n) is 3.91. The van der Waals surface area contributed by atoms with Gasteiger partial charge in [-0.15, -0.1) is 0 Å². The van der Waals surface area contributed by atoms with E-state index in [2.05, 4.69) is 10.1 Å².